The minimum atomic E-state index is -1.86. The summed E-state index contributed by atoms with van der Waals surface area (Å²) in [6.45, 7) is 11.5. The Morgan fingerprint density at radius 2 is 1.72 bits per heavy atom. The Morgan fingerprint density at radius 3 is 2.36 bits per heavy atom. The molecule has 2 aromatic carbocycles. The minimum absolute atomic E-state index is 0.108. The van der Waals surface area contributed by atoms with Gasteiger partial charge in [-0.25, -0.2) is 0 Å². The van der Waals surface area contributed by atoms with E-state index in [2.05, 4.69) is 76.3 Å². The number of carbonyl (C=O) groups excluding carboxylic acids is 1. The van der Waals surface area contributed by atoms with Crippen LogP contribution in [0.5, 0.6) is 0 Å². The summed E-state index contributed by atoms with van der Waals surface area (Å²) in [4.78, 5) is 10.6. The second kappa shape index (κ2) is 8.28. The summed E-state index contributed by atoms with van der Waals surface area (Å²) in [7, 11) is -1.86. The highest BCUT2D eigenvalue weighted by molar-refractivity contribution is 6.74. The second-order valence-corrected chi connectivity index (χ2v) is 13.2. The van der Waals surface area contributed by atoms with E-state index in [0.717, 1.165) is 25.5 Å². The molecule has 136 valence electrons. The van der Waals surface area contributed by atoms with Gasteiger partial charge in [-0.1, -0.05) is 63.6 Å². The maximum absolute atomic E-state index is 10.6. The van der Waals surface area contributed by atoms with Crippen LogP contribution in [0.15, 0.2) is 42.5 Å². The van der Waals surface area contributed by atoms with Crippen molar-refractivity contribution in [3.63, 3.8) is 0 Å². The highest BCUT2D eigenvalue weighted by atomic mass is 28.4. The van der Waals surface area contributed by atoms with Crippen LogP contribution in [-0.2, 0) is 9.22 Å². The predicted octanol–water partition coefficient (Wildman–Crippen LogP) is 6.66. The smallest absolute Gasteiger partial charge is 0.192 e. The lowest BCUT2D eigenvalue weighted by molar-refractivity contribution is -0.107. The average Bonchev–Trinajstić information content (AvgIpc) is 2.56. The highest BCUT2D eigenvalue weighted by Crippen LogP contribution is 2.41. The fourth-order valence-electron chi connectivity index (χ4n) is 2.79. The van der Waals surface area contributed by atoms with Gasteiger partial charge >= 0.3 is 0 Å². The molecule has 0 aliphatic heterocycles. The van der Waals surface area contributed by atoms with Gasteiger partial charge in [0.2, 0.25) is 0 Å². The molecule has 0 saturated heterocycles. The van der Waals surface area contributed by atoms with Crippen molar-refractivity contribution in [1.82, 2.24) is 0 Å². The van der Waals surface area contributed by atoms with E-state index in [-0.39, 0.29) is 11.1 Å². The van der Waals surface area contributed by atoms with E-state index in [1.807, 2.05) is 0 Å². The van der Waals surface area contributed by atoms with E-state index in [1.54, 1.807) is 0 Å². The van der Waals surface area contributed by atoms with Crippen molar-refractivity contribution in [1.29, 1.82) is 0 Å². The number of carbonyl (C=O) groups is 1. The molecule has 0 heterocycles. The lowest BCUT2D eigenvalue weighted by Gasteiger charge is -2.39. The van der Waals surface area contributed by atoms with E-state index in [1.165, 1.54) is 16.3 Å². The fraction of sp³-hybridized carbons (Fsp3) is 0.500. The molecule has 0 aliphatic carbocycles. The summed E-state index contributed by atoms with van der Waals surface area (Å²) in [5.74, 6) is 0. The molecule has 0 aliphatic rings. The summed E-state index contributed by atoms with van der Waals surface area (Å²) in [6, 6.07) is 15.1. The first-order chi connectivity index (χ1) is 11.7. The topological polar surface area (TPSA) is 26.3 Å². The van der Waals surface area contributed by atoms with E-state index >= 15 is 0 Å². The summed E-state index contributed by atoms with van der Waals surface area (Å²) in [5, 5.41) is 2.71. The molecule has 1 atom stereocenters. The molecule has 0 saturated carbocycles. The lowest BCUT2D eigenvalue weighted by atomic mass is 10.00. The van der Waals surface area contributed by atoms with E-state index in [0.29, 0.717) is 6.42 Å². The molecule has 0 radical (unpaired) electrons. The Labute approximate surface area is 153 Å². The predicted molar refractivity (Wildman–Crippen MR) is 110 cm³/mol. The summed E-state index contributed by atoms with van der Waals surface area (Å²) in [5.41, 5.74) is 1.26. The molecule has 0 spiro atoms. The van der Waals surface area contributed by atoms with Crippen LogP contribution in [0.25, 0.3) is 10.8 Å². The molecule has 0 N–H and O–H groups in total. The monoisotopic (exact) mass is 356 g/mol. The molecule has 2 rings (SSSR count). The third-order valence-electron chi connectivity index (χ3n) is 5.43. The van der Waals surface area contributed by atoms with Gasteiger partial charge in [-0.15, -0.1) is 0 Å². The Hall–Kier alpha value is -1.45. The van der Waals surface area contributed by atoms with Gasteiger partial charge in [0.25, 0.3) is 0 Å². The van der Waals surface area contributed by atoms with Crippen LogP contribution in [-0.4, -0.2) is 14.6 Å². The Kier molecular flexibility index (Phi) is 6.58. The van der Waals surface area contributed by atoms with Crippen molar-refractivity contribution in [2.75, 3.05) is 0 Å². The van der Waals surface area contributed by atoms with E-state index < -0.39 is 8.32 Å². The average molecular weight is 357 g/mol. The molecule has 0 amide bonds. The quantitative estimate of drug-likeness (QED) is 0.300. The van der Waals surface area contributed by atoms with Crippen LogP contribution in [0.4, 0.5) is 0 Å². The number of fused-ring (bicyclic) bond motifs is 1. The van der Waals surface area contributed by atoms with Crippen LogP contribution in [0.2, 0.25) is 18.1 Å². The van der Waals surface area contributed by atoms with E-state index in [9.17, 15) is 4.79 Å². The summed E-state index contributed by atoms with van der Waals surface area (Å²) in [6.07, 6.45) is 4.69. The zero-order chi connectivity index (χ0) is 18.5. The molecular weight excluding hydrogens is 324 g/mol. The van der Waals surface area contributed by atoms with Gasteiger partial charge < -0.3 is 9.22 Å². The normalized spacial score (nSPS) is 13.8. The van der Waals surface area contributed by atoms with Gasteiger partial charge in [0, 0.05) is 6.42 Å². The maximum Gasteiger partial charge on any atom is 0.192 e. The largest absolute Gasteiger partial charge is 0.410 e. The Bertz CT molecular complexity index is 700. The van der Waals surface area contributed by atoms with Crippen molar-refractivity contribution in [2.24, 2.45) is 0 Å². The molecule has 25 heavy (non-hydrogen) atoms. The van der Waals surface area contributed by atoms with Crippen molar-refractivity contribution >= 4 is 25.4 Å². The maximum atomic E-state index is 10.6. The standard InChI is InChI=1S/C22H32O2Si/c1-22(2,3)25(4,5)24-21(13-7-6-10-16-23)20-15-14-18-11-8-9-12-19(18)17-20/h8-9,11-12,14-17,21H,6-7,10,13H2,1-5H3. The SMILES string of the molecule is CC(C)(C)[Si](C)(C)OC(CCCCC=O)c1ccc2ccccc2c1. The zero-order valence-corrected chi connectivity index (χ0v) is 17.3. The molecule has 3 heteroatoms. The Balaban J connectivity index is 2.26. The van der Waals surface area contributed by atoms with Gasteiger partial charge in [-0.3, -0.25) is 0 Å². The van der Waals surface area contributed by atoms with Crippen LogP contribution in [0.1, 0.15) is 58.1 Å². The molecule has 2 aromatic rings. The molecule has 0 aromatic heterocycles. The third kappa shape index (κ3) is 5.26. The molecule has 0 fully saturated rings. The molecule has 0 bridgehead atoms. The third-order valence-corrected chi connectivity index (χ3v) is 9.91. The first-order valence-electron chi connectivity index (χ1n) is 9.35. The lowest BCUT2D eigenvalue weighted by Crippen LogP contribution is -2.41. The summed E-state index contributed by atoms with van der Waals surface area (Å²) >= 11 is 0. The summed E-state index contributed by atoms with van der Waals surface area (Å²) < 4.78 is 6.77. The number of aldehydes is 1. The van der Waals surface area contributed by atoms with Crippen molar-refractivity contribution < 1.29 is 9.22 Å². The molecular formula is C22H32O2Si. The van der Waals surface area contributed by atoms with Crippen LogP contribution < -0.4 is 0 Å². The highest BCUT2D eigenvalue weighted by Gasteiger charge is 2.39. The van der Waals surface area contributed by atoms with Crippen LogP contribution >= 0.6 is 0 Å². The first kappa shape index (κ1) is 19.9. The van der Waals surface area contributed by atoms with Crippen LogP contribution in [0.3, 0.4) is 0 Å². The van der Waals surface area contributed by atoms with E-state index in [4.69, 9.17) is 4.43 Å². The molecule has 1 unspecified atom stereocenters. The van der Waals surface area contributed by atoms with Crippen molar-refractivity contribution in [2.45, 2.75) is 70.7 Å². The number of hydrogen-bond acceptors (Lipinski definition) is 2. The number of rotatable bonds is 8. The Morgan fingerprint density at radius 1 is 1.04 bits per heavy atom. The number of hydrogen-bond donors (Lipinski definition) is 0. The second-order valence-electron chi connectivity index (χ2n) is 8.42. The van der Waals surface area contributed by atoms with Gasteiger partial charge in [0.1, 0.15) is 6.29 Å². The molecule has 2 nitrogen and oxygen atoms in total. The van der Waals surface area contributed by atoms with Gasteiger partial charge in [0.05, 0.1) is 6.10 Å². The van der Waals surface area contributed by atoms with Gasteiger partial charge in [-0.05, 0) is 53.4 Å². The van der Waals surface area contributed by atoms with Crippen molar-refractivity contribution in [3.05, 3.63) is 48.0 Å². The zero-order valence-electron chi connectivity index (χ0n) is 16.3. The first-order valence-corrected chi connectivity index (χ1v) is 12.3. The van der Waals surface area contributed by atoms with Crippen molar-refractivity contribution in [3.8, 4) is 0 Å². The number of benzene rings is 2. The van der Waals surface area contributed by atoms with Crippen LogP contribution in [0, 0.1) is 0 Å². The minimum Gasteiger partial charge on any atom is -0.410 e. The van der Waals surface area contributed by atoms with Gasteiger partial charge in [0.15, 0.2) is 8.32 Å². The number of unbranched alkanes of at least 4 members (excludes halogenated alkanes) is 2. The van der Waals surface area contributed by atoms with Gasteiger partial charge in [-0.2, -0.15) is 0 Å². The fourth-order valence-corrected chi connectivity index (χ4v) is 4.11.